The minimum Gasteiger partial charge on any atom is -0.494 e. The summed E-state index contributed by atoms with van der Waals surface area (Å²) in [6.07, 6.45) is 6.86. The summed E-state index contributed by atoms with van der Waals surface area (Å²) < 4.78 is 35.8. The summed E-state index contributed by atoms with van der Waals surface area (Å²) >= 11 is 3.52. The van der Waals surface area contributed by atoms with Crippen LogP contribution in [0.2, 0.25) is 0 Å². The summed E-state index contributed by atoms with van der Waals surface area (Å²) in [6.45, 7) is 11.3. The number of halogens is 2. The standard InChI is InChI=1S/C32H40BrFN9O2P/c1-20-25(43-12-8-21(9-13-43)42-16-14-41(2)15-17-42)18-26(45-3)29(27(20)34)39-32-37-19-22(33)31(40-32)38-24-7-6-23-28(36-11-10-35-23)30(24)46(4,5)44/h6-7,10-11,18-19,21H,8-9,12-17H2,1-5H3,(H2,37,38,39,40). The van der Waals surface area contributed by atoms with Crippen LogP contribution in [0.15, 0.2) is 41.3 Å². The predicted octanol–water partition coefficient (Wildman–Crippen LogP) is 5.59. The lowest BCUT2D eigenvalue weighted by molar-refractivity contribution is 0.0982. The van der Waals surface area contributed by atoms with Gasteiger partial charge in [-0.3, -0.25) is 14.9 Å². The first-order valence-electron chi connectivity index (χ1n) is 15.4. The summed E-state index contributed by atoms with van der Waals surface area (Å²) in [5.41, 5.74) is 3.35. The average molecular weight is 713 g/mol. The van der Waals surface area contributed by atoms with Gasteiger partial charge in [0.1, 0.15) is 29.9 Å². The molecule has 2 aliphatic heterocycles. The monoisotopic (exact) mass is 711 g/mol. The molecule has 11 nitrogen and oxygen atoms in total. The van der Waals surface area contributed by atoms with Gasteiger partial charge in [0.25, 0.3) is 0 Å². The van der Waals surface area contributed by atoms with Gasteiger partial charge in [-0.2, -0.15) is 4.98 Å². The molecule has 2 fully saturated rings. The number of nitrogens with zero attached hydrogens (tertiary/aromatic N) is 7. The molecule has 2 N–H and O–H groups in total. The number of likely N-dealkylation sites (N-methyl/N-ethyl adjacent to an activating group) is 1. The van der Waals surface area contributed by atoms with E-state index in [4.69, 9.17) is 4.74 Å². The molecule has 0 bridgehead atoms. The molecule has 0 saturated carbocycles. The second-order valence-electron chi connectivity index (χ2n) is 12.3. The SMILES string of the molecule is COc1cc(N2CCC(N3CCN(C)CC3)CC2)c(C)c(F)c1Nc1ncc(Br)c(Nc2ccc3nccnc3c2P(C)(C)=O)n1. The lowest BCUT2D eigenvalue weighted by Gasteiger charge is -2.43. The van der Waals surface area contributed by atoms with Crippen molar-refractivity contribution >= 4 is 68.2 Å². The van der Waals surface area contributed by atoms with Crippen LogP contribution in [-0.4, -0.2) is 103 Å². The number of rotatable bonds is 8. The predicted molar refractivity (Wildman–Crippen MR) is 187 cm³/mol. The zero-order valence-electron chi connectivity index (χ0n) is 26.8. The Hall–Kier alpha value is -3.38. The highest BCUT2D eigenvalue weighted by Crippen LogP contribution is 2.42. The summed E-state index contributed by atoms with van der Waals surface area (Å²) in [4.78, 5) is 25.1. The molecule has 0 radical (unpaired) electrons. The molecule has 4 aromatic rings. The van der Waals surface area contributed by atoms with Crippen LogP contribution in [0.4, 0.5) is 33.2 Å². The zero-order chi connectivity index (χ0) is 32.6. The third-order valence-electron chi connectivity index (χ3n) is 8.91. The highest BCUT2D eigenvalue weighted by Gasteiger charge is 2.29. The highest BCUT2D eigenvalue weighted by atomic mass is 79.9. The van der Waals surface area contributed by atoms with E-state index in [0.717, 1.165) is 57.8 Å². The number of methoxy groups -OCH3 is 1. The molecule has 2 aromatic heterocycles. The number of benzene rings is 2. The first-order chi connectivity index (χ1) is 22.0. The van der Waals surface area contributed by atoms with Gasteiger partial charge in [0.15, 0.2) is 5.82 Å². The lowest BCUT2D eigenvalue weighted by atomic mass is 10.00. The van der Waals surface area contributed by atoms with Gasteiger partial charge in [-0.15, -0.1) is 0 Å². The Kier molecular flexibility index (Phi) is 9.48. The Morgan fingerprint density at radius 1 is 1.02 bits per heavy atom. The summed E-state index contributed by atoms with van der Waals surface area (Å²) in [6, 6.07) is 6.09. The van der Waals surface area contributed by atoms with Crippen LogP contribution >= 0.6 is 23.1 Å². The Bertz CT molecular complexity index is 1790. The van der Waals surface area contributed by atoms with E-state index in [0.29, 0.717) is 49.7 Å². The van der Waals surface area contributed by atoms with Crippen molar-refractivity contribution in [2.75, 3.05) is 82.3 Å². The molecule has 14 heteroatoms. The lowest BCUT2D eigenvalue weighted by Crippen LogP contribution is -2.52. The van der Waals surface area contributed by atoms with Crippen LogP contribution in [0.5, 0.6) is 5.75 Å². The van der Waals surface area contributed by atoms with Crippen LogP contribution in [0.25, 0.3) is 11.0 Å². The molecule has 2 aliphatic rings. The Morgan fingerprint density at radius 2 is 1.74 bits per heavy atom. The van der Waals surface area contributed by atoms with E-state index in [1.54, 1.807) is 38.8 Å². The van der Waals surface area contributed by atoms with Crippen molar-refractivity contribution in [2.24, 2.45) is 0 Å². The van der Waals surface area contributed by atoms with Crippen LogP contribution in [0.3, 0.4) is 0 Å². The molecule has 46 heavy (non-hydrogen) atoms. The number of hydrogen-bond donors (Lipinski definition) is 2. The van der Waals surface area contributed by atoms with Gasteiger partial charge < -0.3 is 29.7 Å². The van der Waals surface area contributed by atoms with E-state index in [2.05, 4.69) is 68.2 Å². The van der Waals surface area contributed by atoms with Crippen molar-refractivity contribution in [3.05, 3.63) is 52.6 Å². The second kappa shape index (κ2) is 13.4. The van der Waals surface area contributed by atoms with Crippen molar-refractivity contribution in [3.63, 3.8) is 0 Å². The Morgan fingerprint density at radius 3 is 2.43 bits per heavy atom. The Labute approximate surface area is 277 Å². The van der Waals surface area contributed by atoms with E-state index in [-0.39, 0.29) is 11.6 Å². The van der Waals surface area contributed by atoms with Crippen molar-refractivity contribution in [1.82, 2.24) is 29.7 Å². The molecule has 2 aromatic carbocycles. The summed E-state index contributed by atoms with van der Waals surface area (Å²) in [5.74, 6) is 0.534. The number of anilines is 5. The van der Waals surface area contributed by atoms with Gasteiger partial charge in [0.05, 0.1) is 28.1 Å². The largest absolute Gasteiger partial charge is 0.494 e. The van der Waals surface area contributed by atoms with Gasteiger partial charge in [0.2, 0.25) is 5.95 Å². The zero-order valence-corrected chi connectivity index (χ0v) is 29.3. The fraction of sp³-hybridized carbons (Fsp3) is 0.438. The van der Waals surface area contributed by atoms with E-state index >= 15 is 4.39 Å². The third kappa shape index (κ3) is 6.69. The van der Waals surface area contributed by atoms with Crippen molar-refractivity contribution in [1.29, 1.82) is 0 Å². The number of fused-ring (bicyclic) bond motifs is 1. The van der Waals surface area contributed by atoms with Gasteiger partial charge in [-0.25, -0.2) is 9.37 Å². The van der Waals surface area contributed by atoms with E-state index in [1.165, 1.54) is 7.11 Å². The van der Waals surface area contributed by atoms with Gasteiger partial charge >= 0.3 is 0 Å². The molecule has 2 saturated heterocycles. The van der Waals surface area contributed by atoms with Crippen LogP contribution in [0.1, 0.15) is 18.4 Å². The molecule has 0 unspecified atom stereocenters. The normalized spacial score (nSPS) is 17.0. The molecular weight excluding hydrogens is 672 g/mol. The molecular formula is C32H40BrFN9O2P. The van der Waals surface area contributed by atoms with Crippen LogP contribution in [0, 0.1) is 12.7 Å². The fourth-order valence-corrected chi connectivity index (χ4v) is 8.08. The molecule has 0 aliphatic carbocycles. The van der Waals surface area contributed by atoms with E-state index in [1.807, 2.05) is 18.2 Å². The molecule has 0 atom stereocenters. The first kappa shape index (κ1) is 32.6. The molecule has 0 amide bonds. The molecule has 0 spiro atoms. The highest BCUT2D eigenvalue weighted by molar-refractivity contribution is 9.10. The fourth-order valence-electron chi connectivity index (χ4n) is 6.40. The number of ether oxygens (including phenoxy) is 1. The minimum absolute atomic E-state index is 0.164. The van der Waals surface area contributed by atoms with Gasteiger partial charge in [0, 0.05) is 81.2 Å². The molecule has 6 rings (SSSR count). The maximum atomic E-state index is 16.1. The van der Waals surface area contributed by atoms with Gasteiger partial charge in [-0.05, 0) is 68.2 Å². The molecule has 4 heterocycles. The van der Waals surface area contributed by atoms with Crippen molar-refractivity contribution < 1.29 is 13.7 Å². The number of nitrogens with one attached hydrogen (secondary N) is 2. The number of piperazine rings is 1. The number of aromatic nitrogens is 4. The quantitative estimate of drug-likeness (QED) is 0.223. The third-order valence-corrected chi connectivity index (χ3v) is 11.0. The first-order valence-corrected chi connectivity index (χ1v) is 18.8. The summed E-state index contributed by atoms with van der Waals surface area (Å²) in [5, 5.41) is 6.91. The Balaban J connectivity index is 1.24. The van der Waals surface area contributed by atoms with Gasteiger partial charge in [-0.1, -0.05) is 0 Å². The van der Waals surface area contributed by atoms with Crippen LogP contribution < -0.4 is 25.6 Å². The maximum Gasteiger partial charge on any atom is 0.229 e. The van der Waals surface area contributed by atoms with E-state index < -0.39 is 13.0 Å². The second-order valence-corrected chi connectivity index (χ2v) is 16.3. The average Bonchev–Trinajstić information content (AvgIpc) is 3.04. The number of piperidine rings is 1. The summed E-state index contributed by atoms with van der Waals surface area (Å²) in [7, 11) is 0.925. The maximum absolute atomic E-state index is 16.1. The van der Waals surface area contributed by atoms with Crippen molar-refractivity contribution in [2.45, 2.75) is 25.8 Å². The van der Waals surface area contributed by atoms with Crippen molar-refractivity contribution in [3.8, 4) is 5.75 Å². The molecule has 244 valence electrons. The minimum atomic E-state index is -2.79. The topological polar surface area (TPSA) is 112 Å². The van der Waals surface area contributed by atoms with E-state index in [9.17, 15) is 4.57 Å². The number of hydrogen-bond acceptors (Lipinski definition) is 11. The smallest absolute Gasteiger partial charge is 0.229 e. The van der Waals surface area contributed by atoms with Crippen LogP contribution in [-0.2, 0) is 4.57 Å².